The minimum absolute atomic E-state index is 0.0608. The molecule has 1 aliphatic rings. The topological polar surface area (TPSA) is 71.2 Å². The van der Waals surface area contributed by atoms with Crippen LogP contribution in [0, 0.1) is 0 Å². The van der Waals surface area contributed by atoms with Crippen LogP contribution in [0.3, 0.4) is 0 Å². The second-order valence-electron chi connectivity index (χ2n) is 4.28. The highest BCUT2D eigenvalue weighted by Gasteiger charge is 2.20. The molecule has 0 aromatic carbocycles. The molecule has 2 heterocycles. The van der Waals surface area contributed by atoms with Crippen molar-refractivity contribution < 1.29 is 9.90 Å². The molecule has 0 atom stereocenters. The predicted molar refractivity (Wildman–Crippen MR) is 63.1 cm³/mol. The van der Waals surface area contributed by atoms with Crippen molar-refractivity contribution >= 4 is 11.9 Å². The molecule has 17 heavy (non-hydrogen) atoms. The molecule has 6 nitrogen and oxygen atoms in total. The van der Waals surface area contributed by atoms with Gasteiger partial charge in [0.2, 0.25) is 5.95 Å². The summed E-state index contributed by atoms with van der Waals surface area (Å²) in [6.07, 6.45) is 3.54. The van der Waals surface area contributed by atoms with E-state index in [1.165, 1.54) is 19.3 Å². The van der Waals surface area contributed by atoms with Gasteiger partial charge in [-0.05, 0) is 26.2 Å². The number of hydrogen-bond acceptors (Lipinski definition) is 4. The zero-order valence-electron chi connectivity index (χ0n) is 10.1. The maximum Gasteiger partial charge on any atom is 0.311 e. The van der Waals surface area contributed by atoms with Gasteiger partial charge in [0.1, 0.15) is 12.2 Å². The Hall–Kier alpha value is -1.59. The average Bonchev–Trinajstić information content (AvgIpc) is 2.72. The van der Waals surface area contributed by atoms with Crippen LogP contribution in [0.2, 0.25) is 0 Å². The number of aliphatic carboxylic acids is 1. The van der Waals surface area contributed by atoms with Crippen molar-refractivity contribution in [3.05, 3.63) is 5.82 Å². The van der Waals surface area contributed by atoms with Crippen LogP contribution >= 0.6 is 0 Å². The van der Waals surface area contributed by atoms with Crippen LogP contribution in [0.5, 0.6) is 0 Å². The molecular formula is C11H18N4O2. The molecule has 0 amide bonds. The number of piperidine rings is 1. The van der Waals surface area contributed by atoms with Crippen LogP contribution in [0.25, 0.3) is 0 Å². The lowest BCUT2D eigenvalue weighted by molar-refractivity contribution is -0.136. The lowest BCUT2D eigenvalue weighted by Crippen LogP contribution is -2.32. The van der Waals surface area contributed by atoms with E-state index >= 15 is 0 Å². The second kappa shape index (κ2) is 5.16. The lowest BCUT2D eigenvalue weighted by atomic mass is 10.1. The standard InChI is InChI=1S/C11H18N4O2/c1-2-15-9(8-10(16)17)12-13-11(15)14-6-4-3-5-7-14/h2-8H2,1H3,(H,16,17). The zero-order valence-corrected chi connectivity index (χ0v) is 10.1. The van der Waals surface area contributed by atoms with E-state index in [1.807, 2.05) is 11.5 Å². The molecule has 1 aliphatic heterocycles. The van der Waals surface area contributed by atoms with Gasteiger partial charge in [-0.1, -0.05) is 0 Å². The Balaban J connectivity index is 2.21. The van der Waals surface area contributed by atoms with Gasteiger partial charge in [-0.3, -0.25) is 9.36 Å². The molecular weight excluding hydrogens is 220 g/mol. The van der Waals surface area contributed by atoms with Crippen molar-refractivity contribution in [1.82, 2.24) is 14.8 Å². The van der Waals surface area contributed by atoms with E-state index in [4.69, 9.17) is 5.11 Å². The van der Waals surface area contributed by atoms with Gasteiger partial charge >= 0.3 is 5.97 Å². The molecule has 1 N–H and O–H groups in total. The summed E-state index contributed by atoms with van der Waals surface area (Å²) in [6, 6.07) is 0. The number of rotatable bonds is 4. The molecule has 1 saturated heterocycles. The van der Waals surface area contributed by atoms with Crippen molar-refractivity contribution in [2.24, 2.45) is 0 Å². The Bertz CT molecular complexity index is 396. The number of nitrogens with zero attached hydrogens (tertiary/aromatic N) is 4. The molecule has 0 aliphatic carbocycles. The number of carboxylic acid groups (broad SMARTS) is 1. The van der Waals surface area contributed by atoms with E-state index < -0.39 is 5.97 Å². The van der Waals surface area contributed by atoms with E-state index in [0.29, 0.717) is 12.4 Å². The Morgan fingerprint density at radius 2 is 2.00 bits per heavy atom. The van der Waals surface area contributed by atoms with Gasteiger partial charge < -0.3 is 10.0 Å². The van der Waals surface area contributed by atoms with Gasteiger partial charge in [-0.2, -0.15) is 0 Å². The first-order valence-electron chi connectivity index (χ1n) is 6.11. The first-order valence-corrected chi connectivity index (χ1v) is 6.11. The zero-order chi connectivity index (χ0) is 12.3. The van der Waals surface area contributed by atoms with Crippen LogP contribution in [0.15, 0.2) is 0 Å². The minimum Gasteiger partial charge on any atom is -0.481 e. The lowest BCUT2D eigenvalue weighted by Gasteiger charge is -2.27. The second-order valence-corrected chi connectivity index (χ2v) is 4.28. The number of anilines is 1. The van der Waals surface area contributed by atoms with Gasteiger partial charge in [0.15, 0.2) is 0 Å². The summed E-state index contributed by atoms with van der Waals surface area (Å²) in [6.45, 7) is 4.68. The number of aromatic nitrogens is 3. The number of hydrogen-bond donors (Lipinski definition) is 1. The summed E-state index contributed by atoms with van der Waals surface area (Å²) in [5, 5.41) is 16.9. The quantitative estimate of drug-likeness (QED) is 0.844. The fourth-order valence-corrected chi connectivity index (χ4v) is 2.24. The highest BCUT2D eigenvalue weighted by Crippen LogP contribution is 2.19. The van der Waals surface area contributed by atoms with E-state index in [0.717, 1.165) is 19.0 Å². The summed E-state index contributed by atoms with van der Waals surface area (Å²) in [4.78, 5) is 12.9. The highest BCUT2D eigenvalue weighted by molar-refractivity contribution is 5.69. The molecule has 0 unspecified atom stereocenters. The summed E-state index contributed by atoms with van der Waals surface area (Å²) in [5.41, 5.74) is 0. The van der Waals surface area contributed by atoms with E-state index in [1.54, 1.807) is 0 Å². The third kappa shape index (κ3) is 2.57. The minimum atomic E-state index is -0.864. The molecule has 0 bridgehead atoms. The molecule has 1 aromatic rings. The maximum absolute atomic E-state index is 10.7. The fourth-order valence-electron chi connectivity index (χ4n) is 2.24. The maximum atomic E-state index is 10.7. The monoisotopic (exact) mass is 238 g/mol. The summed E-state index contributed by atoms with van der Waals surface area (Å²) >= 11 is 0. The van der Waals surface area contributed by atoms with Gasteiger partial charge in [-0.25, -0.2) is 0 Å². The van der Waals surface area contributed by atoms with Crippen molar-refractivity contribution in [1.29, 1.82) is 0 Å². The first-order chi connectivity index (χ1) is 8.22. The molecule has 2 rings (SSSR count). The normalized spacial score (nSPS) is 16.2. The highest BCUT2D eigenvalue weighted by atomic mass is 16.4. The van der Waals surface area contributed by atoms with Gasteiger partial charge in [-0.15, -0.1) is 10.2 Å². The molecule has 0 radical (unpaired) electrons. The van der Waals surface area contributed by atoms with Crippen molar-refractivity contribution in [2.45, 2.75) is 39.2 Å². The molecule has 1 fully saturated rings. The van der Waals surface area contributed by atoms with Crippen molar-refractivity contribution in [2.75, 3.05) is 18.0 Å². The number of carbonyl (C=O) groups is 1. The molecule has 0 saturated carbocycles. The summed E-state index contributed by atoms with van der Waals surface area (Å²) in [7, 11) is 0. The van der Waals surface area contributed by atoms with E-state index in [2.05, 4.69) is 15.1 Å². The molecule has 1 aromatic heterocycles. The predicted octanol–water partition coefficient (Wildman–Crippen LogP) is 0.915. The molecule has 0 spiro atoms. The number of carboxylic acids is 1. The van der Waals surface area contributed by atoms with Crippen LogP contribution in [0.4, 0.5) is 5.95 Å². The van der Waals surface area contributed by atoms with Crippen LogP contribution in [-0.4, -0.2) is 38.9 Å². The smallest absolute Gasteiger partial charge is 0.311 e. The van der Waals surface area contributed by atoms with Gasteiger partial charge in [0, 0.05) is 19.6 Å². The fraction of sp³-hybridized carbons (Fsp3) is 0.727. The van der Waals surface area contributed by atoms with E-state index in [-0.39, 0.29) is 6.42 Å². The van der Waals surface area contributed by atoms with Gasteiger partial charge in [0.25, 0.3) is 0 Å². The van der Waals surface area contributed by atoms with Crippen molar-refractivity contribution in [3.63, 3.8) is 0 Å². The first kappa shape index (κ1) is 11.9. The Labute approximate surface area is 100 Å². The van der Waals surface area contributed by atoms with Crippen molar-refractivity contribution in [3.8, 4) is 0 Å². The third-order valence-corrected chi connectivity index (χ3v) is 3.07. The average molecular weight is 238 g/mol. The summed E-state index contributed by atoms with van der Waals surface area (Å²) in [5.74, 6) is 0.501. The van der Waals surface area contributed by atoms with Crippen LogP contribution in [-0.2, 0) is 17.8 Å². The Kier molecular flexibility index (Phi) is 3.61. The largest absolute Gasteiger partial charge is 0.481 e. The van der Waals surface area contributed by atoms with E-state index in [9.17, 15) is 4.79 Å². The van der Waals surface area contributed by atoms with Gasteiger partial charge in [0.05, 0.1) is 0 Å². The Morgan fingerprint density at radius 3 is 2.59 bits per heavy atom. The van der Waals surface area contributed by atoms with Crippen LogP contribution in [0.1, 0.15) is 32.0 Å². The molecule has 94 valence electrons. The summed E-state index contributed by atoms with van der Waals surface area (Å²) < 4.78 is 1.90. The molecule has 6 heteroatoms. The van der Waals surface area contributed by atoms with Crippen LogP contribution < -0.4 is 4.90 Å². The third-order valence-electron chi connectivity index (χ3n) is 3.07. The SMILES string of the molecule is CCn1c(CC(=O)O)nnc1N1CCCCC1. The Morgan fingerprint density at radius 1 is 1.29 bits per heavy atom.